The summed E-state index contributed by atoms with van der Waals surface area (Å²) in [5.41, 5.74) is -3.50. The van der Waals surface area contributed by atoms with Gasteiger partial charge in [0.1, 0.15) is 18.2 Å². The van der Waals surface area contributed by atoms with E-state index in [4.69, 9.17) is 4.74 Å². The predicted octanol–water partition coefficient (Wildman–Crippen LogP) is 4.06. The van der Waals surface area contributed by atoms with Crippen molar-refractivity contribution in [2.75, 3.05) is 25.5 Å². The number of non-ortho nitro benzene ring substituents is 1. The van der Waals surface area contributed by atoms with Gasteiger partial charge in [0.15, 0.2) is 0 Å². The van der Waals surface area contributed by atoms with Crippen LogP contribution in [-0.2, 0) is 22.0 Å². The third kappa shape index (κ3) is 6.79. The molecule has 1 aliphatic heterocycles. The number of hydrogen-bond donors (Lipinski definition) is 1. The Morgan fingerprint density at radius 3 is 2.49 bits per heavy atom. The molecule has 242 valence electrons. The molecule has 2 amide bonds. The molecule has 0 spiro atoms. The van der Waals surface area contributed by atoms with Crippen LogP contribution >= 0.6 is 11.8 Å². The highest BCUT2D eigenvalue weighted by molar-refractivity contribution is 7.99. The number of alkyl halides is 7. The van der Waals surface area contributed by atoms with Crippen molar-refractivity contribution in [3.05, 3.63) is 57.5 Å². The van der Waals surface area contributed by atoms with Gasteiger partial charge in [0.25, 0.3) is 11.6 Å². The van der Waals surface area contributed by atoms with Crippen molar-refractivity contribution in [3.8, 4) is 0 Å². The number of nitrogens with zero attached hydrogens (tertiary/aromatic N) is 7. The summed E-state index contributed by atoms with van der Waals surface area (Å²) in [6.45, 7) is 0.436. The van der Waals surface area contributed by atoms with Crippen molar-refractivity contribution in [2.24, 2.45) is 0 Å². The normalized spacial score (nSPS) is 15.8. The number of nitro benzene ring substituents is 1. The topological polar surface area (TPSA) is 158 Å². The third-order valence-corrected chi connectivity index (χ3v) is 7.47. The number of halogens is 8. The van der Waals surface area contributed by atoms with E-state index in [0.29, 0.717) is 31.3 Å². The van der Waals surface area contributed by atoms with Crippen molar-refractivity contribution >= 4 is 35.1 Å². The second kappa shape index (κ2) is 12.5. The van der Waals surface area contributed by atoms with Crippen LogP contribution in [0.1, 0.15) is 22.3 Å². The molecule has 1 saturated heterocycles. The molecule has 0 unspecified atom stereocenters. The van der Waals surface area contributed by atoms with Gasteiger partial charge in [-0.3, -0.25) is 19.7 Å². The number of nitro groups is 1. The fourth-order valence-electron chi connectivity index (χ4n) is 4.00. The number of rotatable bonds is 10. The molecule has 1 fully saturated rings. The Hall–Kier alpha value is -4.47. The molecular weight excluding hydrogens is 652 g/mol. The fraction of sp³-hybridized carbons (Fsp3) is 0.391. The number of hydrogen-bond acceptors (Lipinski definition) is 10. The van der Waals surface area contributed by atoms with E-state index in [2.05, 4.69) is 20.5 Å². The van der Waals surface area contributed by atoms with E-state index in [1.54, 1.807) is 0 Å². The molecular formula is C23H18F8N8O5S. The lowest BCUT2D eigenvalue weighted by molar-refractivity contribution is -0.384. The van der Waals surface area contributed by atoms with E-state index >= 15 is 0 Å². The summed E-state index contributed by atoms with van der Waals surface area (Å²) in [4.78, 5) is 40.9. The number of ether oxygens (including phenoxy) is 1. The van der Waals surface area contributed by atoms with E-state index < -0.39 is 57.3 Å². The molecule has 1 N–H and O–H groups in total. The first kappa shape index (κ1) is 33.4. The Morgan fingerprint density at radius 1 is 1.18 bits per heavy atom. The zero-order valence-corrected chi connectivity index (χ0v) is 23.2. The van der Waals surface area contributed by atoms with Crippen molar-refractivity contribution in [1.82, 2.24) is 30.1 Å². The lowest BCUT2D eigenvalue weighted by Crippen LogP contribution is -2.50. The number of likely N-dealkylation sites (tertiary alicyclic amines) is 1. The maximum atomic E-state index is 14.4. The predicted molar refractivity (Wildman–Crippen MR) is 134 cm³/mol. The molecule has 22 heteroatoms. The van der Waals surface area contributed by atoms with Crippen LogP contribution in [0.25, 0.3) is 0 Å². The number of anilines is 1. The van der Waals surface area contributed by atoms with E-state index in [9.17, 15) is 54.8 Å². The number of carbonyl (C=O) groups excluding carboxylic acids is 2. The first-order chi connectivity index (χ1) is 21.0. The number of nitrogens with one attached hydrogen (secondary N) is 1. The van der Waals surface area contributed by atoms with Gasteiger partial charge in [0.2, 0.25) is 11.1 Å². The number of benzene rings is 1. The molecule has 13 nitrogen and oxygen atoms in total. The first-order valence-electron chi connectivity index (χ1n) is 12.3. The van der Waals surface area contributed by atoms with Crippen LogP contribution in [0.2, 0.25) is 0 Å². The fourth-order valence-corrected chi connectivity index (χ4v) is 4.88. The number of amides is 2. The van der Waals surface area contributed by atoms with Crippen molar-refractivity contribution in [1.29, 1.82) is 0 Å². The monoisotopic (exact) mass is 670 g/mol. The van der Waals surface area contributed by atoms with Crippen LogP contribution in [-0.4, -0.2) is 85.2 Å². The SMILES string of the molecule is CO[C@@H]1CCN(C(=O)Cn2nnnc2Sc2ccc([N+](=O)[O-])cc2C(=O)Nc2cc(F)c(C(F)(F)C(F)(F)C(F)(F)F)cn2)C1. The number of carbonyl (C=O) groups is 2. The summed E-state index contributed by atoms with van der Waals surface area (Å²) in [5, 5.41) is 24.2. The maximum absolute atomic E-state index is 14.4. The Bertz CT molecular complexity index is 1620. The molecule has 0 aliphatic carbocycles. The molecule has 1 atom stereocenters. The maximum Gasteiger partial charge on any atom is 0.460 e. The quantitative estimate of drug-likeness (QED) is 0.190. The second-order valence-corrected chi connectivity index (χ2v) is 10.3. The van der Waals surface area contributed by atoms with Gasteiger partial charge in [0, 0.05) is 49.5 Å². The van der Waals surface area contributed by atoms with Crippen molar-refractivity contribution in [2.45, 2.75) is 47.1 Å². The van der Waals surface area contributed by atoms with Crippen LogP contribution in [0, 0.1) is 15.9 Å². The van der Waals surface area contributed by atoms with Crippen LogP contribution in [0.15, 0.2) is 40.5 Å². The minimum Gasteiger partial charge on any atom is -0.380 e. The van der Waals surface area contributed by atoms with Crippen LogP contribution in [0.5, 0.6) is 0 Å². The summed E-state index contributed by atoms with van der Waals surface area (Å²) < 4.78 is 113. The van der Waals surface area contributed by atoms with Crippen molar-refractivity contribution < 1.29 is 54.4 Å². The average molecular weight is 670 g/mol. The molecule has 2 aromatic heterocycles. The number of pyridine rings is 1. The third-order valence-electron chi connectivity index (χ3n) is 6.42. The van der Waals surface area contributed by atoms with Crippen molar-refractivity contribution in [3.63, 3.8) is 0 Å². The lowest BCUT2D eigenvalue weighted by Gasteiger charge is -2.28. The van der Waals surface area contributed by atoms with E-state index in [1.165, 1.54) is 12.0 Å². The van der Waals surface area contributed by atoms with Gasteiger partial charge < -0.3 is 15.0 Å². The summed E-state index contributed by atoms with van der Waals surface area (Å²) in [7, 11) is 1.51. The highest BCUT2D eigenvalue weighted by Crippen LogP contribution is 2.52. The molecule has 1 aromatic carbocycles. The van der Waals surface area contributed by atoms with Gasteiger partial charge in [-0.25, -0.2) is 14.1 Å². The molecule has 0 saturated carbocycles. The molecule has 0 radical (unpaired) electrons. The molecule has 0 bridgehead atoms. The Labute approximate surface area is 250 Å². The molecule has 3 heterocycles. The lowest BCUT2D eigenvalue weighted by atomic mass is 10.0. The van der Waals surface area contributed by atoms with Crippen LogP contribution in [0.4, 0.5) is 46.6 Å². The van der Waals surface area contributed by atoms with Gasteiger partial charge in [-0.2, -0.15) is 30.7 Å². The summed E-state index contributed by atoms with van der Waals surface area (Å²) >= 11 is 0.675. The summed E-state index contributed by atoms with van der Waals surface area (Å²) in [5.74, 6) is -17.5. The molecule has 45 heavy (non-hydrogen) atoms. The molecule has 3 aromatic rings. The van der Waals surface area contributed by atoms with Crippen LogP contribution in [0.3, 0.4) is 0 Å². The minimum atomic E-state index is -6.74. The van der Waals surface area contributed by atoms with Gasteiger partial charge in [-0.15, -0.1) is 5.10 Å². The average Bonchev–Trinajstić information content (AvgIpc) is 3.62. The first-order valence-corrected chi connectivity index (χ1v) is 13.1. The molecule has 4 rings (SSSR count). The Balaban J connectivity index is 1.58. The smallest absolute Gasteiger partial charge is 0.380 e. The van der Waals surface area contributed by atoms with Gasteiger partial charge in [-0.05, 0) is 34.7 Å². The molecule has 1 aliphatic rings. The highest BCUT2D eigenvalue weighted by Gasteiger charge is 2.74. The largest absolute Gasteiger partial charge is 0.460 e. The van der Waals surface area contributed by atoms with E-state index in [1.807, 2.05) is 5.32 Å². The van der Waals surface area contributed by atoms with Crippen LogP contribution < -0.4 is 5.32 Å². The standard InChI is InChI=1S/C23H18F8N8O5S/c1-44-12-4-5-37(9-12)18(40)10-38-20(34-35-36-38)45-16-3-2-11(39(42)43)6-13(16)19(41)33-17-7-15(24)14(8-32-17)21(25,26)22(27,28)23(29,30)31/h2-3,6-8,12H,4-5,9-10H2,1H3,(H,32,33,41)/t12-/m1/s1. The van der Waals surface area contributed by atoms with E-state index in [-0.39, 0.29) is 40.9 Å². The van der Waals surface area contributed by atoms with E-state index in [0.717, 1.165) is 22.9 Å². The Kier molecular flexibility index (Phi) is 9.28. The number of tetrazole rings is 1. The zero-order chi connectivity index (χ0) is 33.3. The summed E-state index contributed by atoms with van der Waals surface area (Å²) in [6, 6.07) is 2.85. The van der Waals surface area contributed by atoms with Gasteiger partial charge in [0.05, 0.1) is 22.2 Å². The summed E-state index contributed by atoms with van der Waals surface area (Å²) in [6.07, 6.45) is -6.58. The zero-order valence-electron chi connectivity index (χ0n) is 22.4. The van der Waals surface area contributed by atoms with Gasteiger partial charge in [-0.1, -0.05) is 0 Å². The van der Waals surface area contributed by atoms with Gasteiger partial charge >= 0.3 is 18.0 Å². The Morgan fingerprint density at radius 2 is 1.89 bits per heavy atom. The second-order valence-electron chi connectivity index (χ2n) is 9.29. The number of aromatic nitrogens is 5. The number of methoxy groups -OCH3 is 1. The highest BCUT2D eigenvalue weighted by atomic mass is 32.2. The minimum absolute atomic E-state index is 0.0313.